The smallest absolute Gasteiger partial charge is 0.410 e. The second-order valence-corrected chi connectivity index (χ2v) is 30.9. The highest BCUT2D eigenvalue weighted by Crippen LogP contribution is 2.27. The Morgan fingerprint density at radius 3 is 1.08 bits per heavy atom. The monoisotopic (exact) mass is 1300 g/mol. The number of likely N-dealkylation sites (tertiary alicyclic amines) is 8. The van der Waals surface area contributed by atoms with Crippen molar-refractivity contribution in [2.75, 3.05) is 144 Å². The van der Waals surface area contributed by atoms with Gasteiger partial charge in [0.1, 0.15) is 22.4 Å². The molecule has 10 aliphatic rings. The van der Waals surface area contributed by atoms with Crippen LogP contribution in [0.5, 0.6) is 0 Å². The zero-order chi connectivity index (χ0) is 67.5. The zero-order valence-corrected chi connectivity index (χ0v) is 59.1. The number of hydrogen-bond donors (Lipinski definition) is 3. The van der Waals surface area contributed by atoms with Gasteiger partial charge in [-0.05, 0) is 269 Å². The largest absolute Gasteiger partial charge is 0.478 e. The summed E-state index contributed by atoms with van der Waals surface area (Å²) >= 11 is 0. The van der Waals surface area contributed by atoms with Crippen LogP contribution in [0.1, 0.15) is 186 Å². The number of carbonyl (C=O) groups excluding carboxylic acids is 6. The van der Waals surface area contributed by atoms with Crippen LogP contribution in [0, 0.1) is 29.6 Å². The molecule has 0 radical (unpaired) electrons. The average molecular weight is 1300 g/mol. The lowest BCUT2D eigenvalue weighted by molar-refractivity contribution is -0.132. The van der Waals surface area contributed by atoms with E-state index in [2.05, 4.69) is 20.4 Å². The standard InChI is InChI=1S/C15H26N2O3.C15H24N2O3.C15H28N2O2.C11H17NO4.C10H20N2.C4H9N/c2*1-15(2,3)20-14(19)17-10-12(11-17)6-7-13(18)16-8-4-5-9-16;1-15(2,3)19-14(18)17-11-13(12-17)7-6-10-16-8-4-5-9-16;1-11(2,3)16-10(15)12-6-8(7-12)4-5-9(13)14;1-2-6-12(5-1)7-3-4-10-8-11-9-10;1-2-4-5-3-1/h12H,4-11H2,1-3H3;6-7,12H,4-5,8-11H2,1-3H3;13H,4-12H2,1-3H3;4-5,8H,6-7H2,1-3H3,(H,13,14);10-11H,1-9H2;5H,1-4H2/b;7-6+;;5-4+;;. The molecular formula is C70H124N10O12. The van der Waals surface area contributed by atoms with Crippen molar-refractivity contribution in [3.8, 4) is 0 Å². The Kier molecular flexibility index (Phi) is 32.3. The molecule has 0 atom stereocenters. The first-order valence-electron chi connectivity index (χ1n) is 35.3. The fourth-order valence-corrected chi connectivity index (χ4v) is 12.0. The van der Waals surface area contributed by atoms with E-state index in [1.807, 2.05) is 104 Å². The number of rotatable bonds is 15. The maximum Gasteiger partial charge on any atom is 0.410 e. The summed E-state index contributed by atoms with van der Waals surface area (Å²) in [5, 5.41) is 15.0. The molecule has 6 amide bonds. The predicted molar refractivity (Wildman–Crippen MR) is 360 cm³/mol. The van der Waals surface area contributed by atoms with Crippen LogP contribution in [-0.4, -0.2) is 253 Å². The predicted octanol–water partition coefficient (Wildman–Crippen LogP) is 9.96. The summed E-state index contributed by atoms with van der Waals surface area (Å²) in [6.07, 6.45) is 25.1. The van der Waals surface area contributed by atoms with E-state index in [4.69, 9.17) is 24.1 Å². The molecule has 0 aromatic rings. The van der Waals surface area contributed by atoms with Gasteiger partial charge in [0.25, 0.3) is 0 Å². The molecule has 0 saturated carbocycles. The van der Waals surface area contributed by atoms with Crippen LogP contribution in [0.4, 0.5) is 19.2 Å². The number of hydrogen-bond acceptors (Lipinski definition) is 15. The van der Waals surface area contributed by atoms with Crippen LogP contribution in [0.25, 0.3) is 0 Å². The molecule has 10 saturated heterocycles. The minimum absolute atomic E-state index is 0.0956. The topological polar surface area (TPSA) is 227 Å². The van der Waals surface area contributed by atoms with Crippen molar-refractivity contribution in [3.63, 3.8) is 0 Å². The number of nitrogens with zero attached hydrogens (tertiary/aromatic N) is 8. The molecular weight excluding hydrogens is 1170 g/mol. The fraction of sp³-hybridized carbons (Fsp3) is 0.843. The number of carboxylic acid groups (broad SMARTS) is 1. The first-order valence-corrected chi connectivity index (χ1v) is 35.3. The Balaban J connectivity index is 0.000000206. The van der Waals surface area contributed by atoms with E-state index in [1.54, 1.807) is 26.9 Å². The molecule has 3 N–H and O–H groups in total. The number of aliphatic carboxylic acids is 1. The van der Waals surface area contributed by atoms with E-state index in [0.29, 0.717) is 44.4 Å². The molecule has 92 heavy (non-hydrogen) atoms. The van der Waals surface area contributed by atoms with Gasteiger partial charge in [-0.2, -0.15) is 0 Å². The van der Waals surface area contributed by atoms with Crippen molar-refractivity contribution in [2.24, 2.45) is 29.6 Å². The number of carboxylic acids is 1. The molecule has 0 bridgehead atoms. The summed E-state index contributed by atoms with van der Waals surface area (Å²) < 4.78 is 21.1. The Bertz CT molecular complexity index is 2280. The van der Waals surface area contributed by atoms with Gasteiger partial charge >= 0.3 is 30.3 Å². The lowest BCUT2D eigenvalue weighted by atomic mass is 9.95. The summed E-state index contributed by atoms with van der Waals surface area (Å²) in [4.78, 5) is 96.5. The molecule has 22 nitrogen and oxygen atoms in total. The van der Waals surface area contributed by atoms with Gasteiger partial charge in [-0.1, -0.05) is 12.2 Å². The van der Waals surface area contributed by atoms with Crippen LogP contribution in [0.15, 0.2) is 24.3 Å². The quantitative estimate of drug-likeness (QED) is 0.102. The molecule has 22 heteroatoms. The van der Waals surface area contributed by atoms with Crippen molar-refractivity contribution in [1.82, 2.24) is 49.8 Å². The highest BCUT2D eigenvalue weighted by molar-refractivity contribution is 5.88. The normalized spacial score (nSPS) is 20.9. The lowest BCUT2D eigenvalue weighted by Gasteiger charge is -2.40. The highest BCUT2D eigenvalue weighted by atomic mass is 16.6. The van der Waals surface area contributed by atoms with Gasteiger partial charge in [-0.3, -0.25) is 9.59 Å². The molecule has 0 spiro atoms. The zero-order valence-electron chi connectivity index (χ0n) is 59.1. The first-order chi connectivity index (χ1) is 43.4. The van der Waals surface area contributed by atoms with Gasteiger partial charge < -0.3 is 73.9 Å². The third-order valence-electron chi connectivity index (χ3n) is 17.4. The number of carbonyl (C=O) groups is 7. The van der Waals surface area contributed by atoms with Crippen LogP contribution < -0.4 is 10.6 Å². The third kappa shape index (κ3) is 31.8. The highest BCUT2D eigenvalue weighted by Gasteiger charge is 2.37. The summed E-state index contributed by atoms with van der Waals surface area (Å²) in [7, 11) is 0. The number of amides is 6. The van der Waals surface area contributed by atoms with E-state index in [1.165, 1.54) is 130 Å². The molecule has 10 aliphatic heterocycles. The number of ether oxygens (including phenoxy) is 4. The SMILES string of the molecule is C1CCN(CCCC2CNC2)C1.C1CCNC1.CC(C)(C)OC(=O)N1CC(/C=C/C(=O)N2CCCC2)C1.CC(C)(C)OC(=O)N1CC(/C=C/C(=O)O)C1.CC(C)(C)OC(=O)N1CC(CCC(=O)N2CCCC2)C1.CC(C)(C)OC(=O)N1CC(CCCN2CCCC2)C1. The molecule has 0 unspecified atom stereocenters. The third-order valence-corrected chi connectivity index (χ3v) is 17.4. The van der Waals surface area contributed by atoms with Gasteiger partial charge in [0.2, 0.25) is 11.8 Å². The minimum Gasteiger partial charge on any atom is -0.478 e. The molecule has 526 valence electrons. The van der Waals surface area contributed by atoms with Crippen LogP contribution in [-0.2, 0) is 33.3 Å². The van der Waals surface area contributed by atoms with Gasteiger partial charge in [0.05, 0.1) is 0 Å². The first kappa shape index (κ1) is 77.5. The summed E-state index contributed by atoms with van der Waals surface area (Å²) in [5.74, 6) is 1.96. The van der Waals surface area contributed by atoms with Crippen LogP contribution in [0.3, 0.4) is 0 Å². The van der Waals surface area contributed by atoms with Crippen molar-refractivity contribution in [2.45, 2.75) is 208 Å². The second kappa shape index (κ2) is 38.4. The van der Waals surface area contributed by atoms with Crippen molar-refractivity contribution in [3.05, 3.63) is 24.3 Å². The van der Waals surface area contributed by atoms with Gasteiger partial charge in [0, 0.05) is 103 Å². The Labute approximate surface area is 553 Å². The Morgan fingerprint density at radius 1 is 0.402 bits per heavy atom. The maximum absolute atomic E-state index is 11.9. The molecule has 0 aromatic heterocycles. The molecule has 10 fully saturated rings. The maximum atomic E-state index is 11.9. The minimum atomic E-state index is -0.962. The summed E-state index contributed by atoms with van der Waals surface area (Å²) in [5.41, 5.74) is -1.76. The fourth-order valence-electron chi connectivity index (χ4n) is 12.0. The van der Waals surface area contributed by atoms with E-state index in [-0.39, 0.29) is 53.6 Å². The van der Waals surface area contributed by atoms with E-state index in [0.717, 1.165) is 96.5 Å². The number of nitrogens with one attached hydrogen (secondary N) is 2. The van der Waals surface area contributed by atoms with E-state index in [9.17, 15) is 33.6 Å². The van der Waals surface area contributed by atoms with Crippen molar-refractivity contribution in [1.29, 1.82) is 0 Å². The van der Waals surface area contributed by atoms with Gasteiger partial charge in [0.15, 0.2) is 0 Å². The molecule has 10 rings (SSSR count). The summed E-state index contributed by atoms with van der Waals surface area (Å²) in [6.45, 7) is 44.5. The summed E-state index contributed by atoms with van der Waals surface area (Å²) in [6, 6.07) is 0. The van der Waals surface area contributed by atoms with Gasteiger partial charge in [-0.15, -0.1) is 0 Å². The van der Waals surface area contributed by atoms with E-state index < -0.39 is 22.8 Å². The molecule has 10 heterocycles. The van der Waals surface area contributed by atoms with Crippen molar-refractivity contribution >= 4 is 42.2 Å². The second-order valence-electron chi connectivity index (χ2n) is 30.9. The van der Waals surface area contributed by atoms with Crippen LogP contribution in [0.2, 0.25) is 0 Å². The van der Waals surface area contributed by atoms with E-state index >= 15 is 0 Å². The molecule has 0 aromatic carbocycles. The Morgan fingerprint density at radius 2 is 0.739 bits per heavy atom. The lowest BCUT2D eigenvalue weighted by Crippen LogP contribution is -2.51. The molecule has 0 aliphatic carbocycles. The van der Waals surface area contributed by atoms with Crippen LogP contribution >= 0.6 is 0 Å². The van der Waals surface area contributed by atoms with Gasteiger partial charge in [-0.25, -0.2) is 24.0 Å². The van der Waals surface area contributed by atoms with Crippen molar-refractivity contribution < 1.29 is 57.6 Å². The Hall–Kier alpha value is -5.19. The average Bonchev–Trinajstić information content (AvgIpc) is 2.00.